The normalized spacial score (nSPS) is 14.8. The van der Waals surface area contributed by atoms with E-state index in [1.54, 1.807) is 19.1 Å². The topological polar surface area (TPSA) is 87.3 Å². The van der Waals surface area contributed by atoms with Crippen molar-refractivity contribution in [1.82, 2.24) is 15.1 Å². The molecule has 0 aliphatic heterocycles. The Morgan fingerprint density at radius 2 is 2.12 bits per heavy atom. The van der Waals surface area contributed by atoms with E-state index in [1.807, 2.05) is 19.0 Å². The molecule has 6 heteroatoms. The van der Waals surface area contributed by atoms with Gasteiger partial charge in [0.2, 0.25) is 0 Å². The van der Waals surface area contributed by atoms with Gasteiger partial charge in [-0.05, 0) is 33.2 Å². The smallest absolute Gasteiger partial charge is 0.148 e. The number of hydrogen-bond donors (Lipinski definition) is 3. The highest BCUT2D eigenvalue weighted by atomic mass is 16.3. The molecule has 0 amide bonds. The van der Waals surface area contributed by atoms with E-state index >= 15 is 0 Å². The van der Waals surface area contributed by atoms with Gasteiger partial charge in [-0.25, -0.2) is 0 Å². The number of aromatic nitrogens is 2. The fourth-order valence-electron chi connectivity index (χ4n) is 1.45. The highest BCUT2D eigenvalue weighted by Crippen LogP contribution is 2.08. The fraction of sp³-hybridized carbons (Fsp3) is 0.600. The molecule has 0 aliphatic rings. The predicted molar refractivity (Wildman–Crippen MR) is 64.1 cm³/mol. The Balaban J connectivity index is 2.47. The molecular formula is C10H19N5O. The minimum absolute atomic E-state index is 0.380. The molecular weight excluding hydrogens is 206 g/mol. The number of nitrogens with zero attached hydrogens (tertiary/aromatic N) is 3. The molecule has 0 bridgehead atoms. The number of nitrogens with one attached hydrogen (secondary N) is 1. The van der Waals surface area contributed by atoms with Gasteiger partial charge in [0.15, 0.2) is 0 Å². The second-order valence-electron chi connectivity index (χ2n) is 4.43. The van der Waals surface area contributed by atoms with E-state index in [4.69, 9.17) is 5.73 Å². The summed E-state index contributed by atoms with van der Waals surface area (Å²) in [6.07, 6.45) is 0. The third-order valence-electron chi connectivity index (χ3n) is 1.99. The van der Waals surface area contributed by atoms with Crippen molar-refractivity contribution >= 4 is 11.6 Å². The molecule has 0 saturated carbocycles. The molecule has 6 nitrogen and oxygen atoms in total. The maximum absolute atomic E-state index is 10.0. The van der Waals surface area contributed by atoms with E-state index in [9.17, 15) is 5.11 Å². The standard InChI is InChI=1S/C10H19N5O/c1-10(16,7-15(2)3)6-12-9-5-4-8(11)13-14-9/h4-5,16H,6-7H2,1-3H3,(H2,11,13)(H,12,14). The predicted octanol–water partition coefficient (Wildman–Crippen LogP) is -0.217. The van der Waals surface area contributed by atoms with Crippen LogP contribution < -0.4 is 11.1 Å². The lowest BCUT2D eigenvalue weighted by atomic mass is 10.1. The van der Waals surface area contributed by atoms with E-state index in [0.717, 1.165) is 0 Å². The second kappa shape index (κ2) is 5.09. The first-order valence-corrected chi connectivity index (χ1v) is 5.09. The van der Waals surface area contributed by atoms with Gasteiger partial charge < -0.3 is 21.1 Å². The van der Waals surface area contributed by atoms with Crippen LogP contribution in [-0.4, -0.2) is 53.0 Å². The summed E-state index contributed by atoms with van der Waals surface area (Å²) in [5.74, 6) is 0.985. The molecule has 0 radical (unpaired) electrons. The quantitative estimate of drug-likeness (QED) is 0.642. The van der Waals surface area contributed by atoms with Gasteiger partial charge in [0.25, 0.3) is 0 Å². The van der Waals surface area contributed by atoms with Crippen LogP contribution in [0.4, 0.5) is 11.6 Å². The fourth-order valence-corrected chi connectivity index (χ4v) is 1.45. The van der Waals surface area contributed by atoms with Crippen molar-refractivity contribution in [2.24, 2.45) is 0 Å². The Labute approximate surface area is 95.5 Å². The molecule has 4 N–H and O–H groups in total. The van der Waals surface area contributed by atoms with Crippen LogP contribution in [-0.2, 0) is 0 Å². The van der Waals surface area contributed by atoms with E-state index in [0.29, 0.717) is 24.7 Å². The minimum Gasteiger partial charge on any atom is -0.387 e. The molecule has 16 heavy (non-hydrogen) atoms. The molecule has 1 heterocycles. The van der Waals surface area contributed by atoms with Gasteiger partial charge in [-0.15, -0.1) is 10.2 Å². The maximum atomic E-state index is 10.0. The van der Waals surface area contributed by atoms with Gasteiger partial charge >= 0.3 is 0 Å². The third-order valence-corrected chi connectivity index (χ3v) is 1.99. The number of likely N-dealkylation sites (N-methyl/N-ethyl adjacent to an activating group) is 1. The maximum Gasteiger partial charge on any atom is 0.148 e. The molecule has 1 unspecified atom stereocenters. The van der Waals surface area contributed by atoms with Crippen molar-refractivity contribution in [3.8, 4) is 0 Å². The first-order chi connectivity index (χ1) is 7.39. The Kier molecular flexibility index (Phi) is 4.03. The number of nitrogens with two attached hydrogens (primary N) is 1. The van der Waals surface area contributed by atoms with Crippen LogP contribution >= 0.6 is 0 Å². The molecule has 1 rings (SSSR count). The number of aliphatic hydroxyl groups is 1. The first-order valence-electron chi connectivity index (χ1n) is 5.09. The minimum atomic E-state index is -0.813. The molecule has 1 aromatic heterocycles. The Hall–Kier alpha value is -1.40. The Morgan fingerprint density at radius 3 is 2.62 bits per heavy atom. The Morgan fingerprint density at radius 1 is 1.44 bits per heavy atom. The van der Waals surface area contributed by atoms with Gasteiger partial charge in [-0.3, -0.25) is 0 Å². The van der Waals surface area contributed by atoms with Crippen LogP contribution in [0.5, 0.6) is 0 Å². The van der Waals surface area contributed by atoms with Crippen molar-refractivity contribution in [2.45, 2.75) is 12.5 Å². The van der Waals surface area contributed by atoms with Crippen LogP contribution in [0.3, 0.4) is 0 Å². The Bertz CT molecular complexity index is 322. The summed E-state index contributed by atoms with van der Waals surface area (Å²) in [5, 5.41) is 20.6. The van der Waals surface area contributed by atoms with Crippen LogP contribution in [0.15, 0.2) is 12.1 Å². The summed E-state index contributed by atoms with van der Waals surface area (Å²) in [6.45, 7) is 2.75. The van der Waals surface area contributed by atoms with Crippen LogP contribution in [0, 0.1) is 0 Å². The zero-order valence-electron chi connectivity index (χ0n) is 9.94. The first kappa shape index (κ1) is 12.7. The van der Waals surface area contributed by atoms with E-state index < -0.39 is 5.60 Å². The largest absolute Gasteiger partial charge is 0.387 e. The number of anilines is 2. The van der Waals surface area contributed by atoms with Gasteiger partial charge in [0.05, 0.1) is 5.60 Å². The lowest BCUT2D eigenvalue weighted by Crippen LogP contribution is -2.43. The summed E-state index contributed by atoms with van der Waals surface area (Å²) >= 11 is 0. The summed E-state index contributed by atoms with van der Waals surface area (Å²) < 4.78 is 0. The molecule has 0 saturated heterocycles. The molecule has 0 aliphatic carbocycles. The lowest BCUT2D eigenvalue weighted by molar-refractivity contribution is 0.0459. The van der Waals surface area contributed by atoms with Crippen LogP contribution in [0.25, 0.3) is 0 Å². The monoisotopic (exact) mass is 225 g/mol. The molecule has 90 valence electrons. The van der Waals surface area contributed by atoms with Crippen molar-refractivity contribution in [3.05, 3.63) is 12.1 Å². The van der Waals surface area contributed by atoms with Gasteiger partial charge in [-0.1, -0.05) is 0 Å². The summed E-state index contributed by atoms with van der Waals surface area (Å²) in [4.78, 5) is 1.93. The van der Waals surface area contributed by atoms with Gasteiger partial charge in [0.1, 0.15) is 11.6 Å². The molecule has 1 aromatic rings. The molecule has 0 fully saturated rings. The lowest BCUT2D eigenvalue weighted by Gasteiger charge is -2.27. The average molecular weight is 225 g/mol. The van der Waals surface area contributed by atoms with Crippen LogP contribution in [0.2, 0.25) is 0 Å². The van der Waals surface area contributed by atoms with Crippen molar-refractivity contribution < 1.29 is 5.11 Å². The summed E-state index contributed by atoms with van der Waals surface area (Å²) in [6, 6.07) is 3.39. The van der Waals surface area contributed by atoms with Gasteiger partial charge in [0, 0.05) is 13.1 Å². The van der Waals surface area contributed by atoms with Gasteiger partial charge in [-0.2, -0.15) is 0 Å². The van der Waals surface area contributed by atoms with E-state index in [1.165, 1.54) is 0 Å². The summed E-state index contributed by atoms with van der Waals surface area (Å²) in [5.41, 5.74) is 4.60. The van der Waals surface area contributed by atoms with Crippen LogP contribution in [0.1, 0.15) is 6.92 Å². The highest BCUT2D eigenvalue weighted by Gasteiger charge is 2.21. The van der Waals surface area contributed by atoms with Crippen molar-refractivity contribution in [1.29, 1.82) is 0 Å². The number of rotatable bonds is 5. The van der Waals surface area contributed by atoms with Crippen molar-refractivity contribution in [2.75, 3.05) is 38.2 Å². The van der Waals surface area contributed by atoms with Crippen molar-refractivity contribution in [3.63, 3.8) is 0 Å². The second-order valence-corrected chi connectivity index (χ2v) is 4.43. The average Bonchev–Trinajstić information content (AvgIpc) is 2.15. The molecule has 0 aromatic carbocycles. The SMILES string of the molecule is CN(C)CC(C)(O)CNc1ccc(N)nn1. The highest BCUT2D eigenvalue weighted by molar-refractivity contribution is 5.38. The third kappa shape index (κ3) is 4.41. The van der Waals surface area contributed by atoms with E-state index in [-0.39, 0.29) is 0 Å². The zero-order valence-corrected chi connectivity index (χ0v) is 9.94. The van der Waals surface area contributed by atoms with E-state index in [2.05, 4.69) is 15.5 Å². The molecule has 1 atom stereocenters. The zero-order chi connectivity index (χ0) is 12.2. The number of hydrogen-bond acceptors (Lipinski definition) is 6. The number of nitrogen functional groups attached to an aromatic ring is 1. The summed E-state index contributed by atoms with van der Waals surface area (Å²) in [7, 11) is 3.83. The molecule has 0 spiro atoms.